The molecule has 3 aliphatic heterocycles. The van der Waals surface area contributed by atoms with Crippen molar-refractivity contribution in [1.82, 2.24) is 15.1 Å². The molecule has 0 aromatic heterocycles. The van der Waals surface area contributed by atoms with Gasteiger partial charge >= 0.3 is 6.03 Å². The van der Waals surface area contributed by atoms with Gasteiger partial charge in [0.2, 0.25) is 12.7 Å². The van der Waals surface area contributed by atoms with E-state index in [4.69, 9.17) is 14.2 Å². The van der Waals surface area contributed by atoms with Crippen molar-refractivity contribution >= 4 is 17.6 Å². The highest BCUT2D eigenvalue weighted by Gasteiger charge is 2.33. The predicted octanol–water partition coefficient (Wildman–Crippen LogP) is 2.06. The van der Waals surface area contributed by atoms with Crippen LogP contribution in [0.15, 0.2) is 42.5 Å². The Hall–Kier alpha value is -3.46. The molecule has 9 heteroatoms. The third kappa shape index (κ3) is 4.68. The zero-order valence-corrected chi connectivity index (χ0v) is 18.7. The number of nitrogens with zero attached hydrogens (tertiary/aromatic N) is 3. The van der Waals surface area contributed by atoms with E-state index < -0.39 is 0 Å². The first-order chi connectivity index (χ1) is 16.1. The van der Waals surface area contributed by atoms with Gasteiger partial charge in [0.15, 0.2) is 11.5 Å². The topological polar surface area (TPSA) is 83.6 Å². The zero-order chi connectivity index (χ0) is 22.8. The summed E-state index contributed by atoms with van der Waals surface area (Å²) in [7, 11) is 1.61. The van der Waals surface area contributed by atoms with E-state index in [1.165, 1.54) is 5.56 Å². The van der Waals surface area contributed by atoms with Crippen LogP contribution in [0.2, 0.25) is 0 Å². The van der Waals surface area contributed by atoms with Crippen LogP contribution in [0.4, 0.5) is 10.5 Å². The average molecular weight is 453 g/mol. The quantitative estimate of drug-likeness (QED) is 0.748. The van der Waals surface area contributed by atoms with Crippen LogP contribution in [0, 0.1) is 0 Å². The first-order valence-corrected chi connectivity index (χ1v) is 11.2. The number of urea groups is 1. The summed E-state index contributed by atoms with van der Waals surface area (Å²) in [6.07, 6.45) is 0.307. The lowest BCUT2D eigenvalue weighted by atomic mass is 10.1. The first-order valence-electron chi connectivity index (χ1n) is 11.2. The van der Waals surface area contributed by atoms with Crippen LogP contribution >= 0.6 is 0 Å². The van der Waals surface area contributed by atoms with Gasteiger partial charge in [0.25, 0.3) is 0 Å². The van der Waals surface area contributed by atoms with Gasteiger partial charge in [-0.3, -0.25) is 9.69 Å². The summed E-state index contributed by atoms with van der Waals surface area (Å²) in [6.45, 7) is 4.45. The maximum atomic E-state index is 12.8. The number of carbonyl (C=O) groups excluding carboxylic acids is 2. The molecule has 5 rings (SSSR count). The number of fused-ring (bicyclic) bond motifs is 1. The van der Waals surface area contributed by atoms with Crippen LogP contribution in [0.3, 0.4) is 0 Å². The third-order valence-electron chi connectivity index (χ3n) is 6.34. The molecule has 3 aliphatic rings. The summed E-state index contributed by atoms with van der Waals surface area (Å²) in [6, 6.07) is 13.1. The van der Waals surface area contributed by atoms with Gasteiger partial charge in [-0.2, -0.15) is 0 Å². The number of anilines is 1. The molecule has 0 saturated carbocycles. The lowest BCUT2D eigenvalue weighted by Crippen LogP contribution is -2.53. The summed E-state index contributed by atoms with van der Waals surface area (Å²) in [5, 5.41) is 3.04. The van der Waals surface area contributed by atoms with Gasteiger partial charge < -0.3 is 29.3 Å². The van der Waals surface area contributed by atoms with Gasteiger partial charge in [-0.05, 0) is 42.0 Å². The predicted molar refractivity (Wildman–Crippen MR) is 122 cm³/mol. The second kappa shape index (κ2) is 9.19. The Morgan fingerprint density at radius 1 is 1.06 bits per heavy atom. The van der Waals surface area contributed by atoms with Gasteiger partial charge in [0, 0.05) is 51.4 Å². The molecule has 174 valence electrons. The van der Waals surface area contributed by atoms with E-state index in [-0.39, 0.29) is 24.8 Å². The van der Waals surface area contributed by atoms with Crippen molar-refractivity contribution in [3.05, 3.63) is 48.0 Å². The molecule has 9 nitrogen and oxygen atoms in total. The third-order valence-corrected chi connectivity index (χ3v) is 6.34. The van der Waals surface area contributed by atoms with E-state index in [0.29, 0.717) is 26.1 Å². The second-order valence-corrected chi connectivity index (χ2v) is 8.50. The first kappa shape index (κ1) is 21.4. The number of ether oxygens (including phenoxy) is 3. The molecule has 0 spiro atoms. The van der Waals surface area contributed by atoms with E-state index in [9.17, 15) is 9.59 Å². The number of piperazine rings is 1. The van der Waals surface area contributed by atoms with Crippen LogP contribution in [0.5, 0.6) is 17.2 Å². The zero-order valence-electron chi connectivity index (χ0n) is 18.7. The van der Waals surface area contributed by atoms with Gasteiger partial charge in [-0.25, -0.2) is 4.79 Å². The van der Waals surface area contributed by atoms with Crippen molar-refractivity contribution in [3.63, 3.8) is 0 Å². The molecule has 1 N–H and O–H groups in total. The minimum absolute atomic E-state index is 0.0130. The standard InChI is InChI=1S/C24H28N4O5/c1-31-20-5-3-19(4-6-20)28-15-18(13-23(28)29)25-24(30)27-10-8-26(9-11-27)14-17-2-7-21-22(12-17)33-16-32-21/h2-7,12,18H,8-11,13-16H2,1H3,(H,25,30). The molecule has 0 bridgehead atoms. The van der Waals surface area contributed by atoms with Crippen LogP contribution < -0.4 is 24.4 Å². The Morgan fingerprint density at radius 2 is 1.82 bits per heavy atom. The smallest absolute Gasteiger partial charge is 0.317 e. The number of amides is 3. The molecule has 1 atom stereocenters. The van der Waals surface area contributed by atoms with Crippen LogP contribution in [-0.4, -0.2) is 74.4 Å². The van der Waals surface area contributed by atoms with Gasteiger partial charge in [0.05, 0.1) is 13.2 Å². The molecule has 2 aromatic carbocycles. The molecular weight excluding hydrogens is 424 g/mol. The highest BCUT2D eigenvalue weighted by molar-refractivity contribution is 5.96. The van der Waals surface area contributed by atoms with Crippen molar-refractivity contribution in [1.29, 1.82) is 0 Å². The summed E-state index contributed by atoms with van der Waals surface area (Å²) >= 11 is 0. The molecule has 0 radical (unpaired) electrons. The summed E-state index contributed by atoms with van der Waals surface area (Å²) in [5.74, 6) is 2.34. The largest absolute Gasteiger partial charge is 0.497 e. The fourth-order valence-corrected chi connectivity index (χ4v) is 4.49. The molecule has 2 fully saturated rings. The minimum Gasteiger partial charge on any atom is -0.497 e. The highest BCUT2D eigenvalue weighted by atomic mass is 16.7. The summed E-state index contributed by atoms with van der Waals surface area (Å²) in [5.41, 5.74) is 1.98. The molecule has 2 saturated heterocycles. The Balaban J connectivity index is 1.10. The molecule has 33 heavy (non-hydrogen) atoms. The number of hydrogen-bond donors (Lipinski definition) is 1. The molecule has 3 amide bonds. The van der Waals surface area contributed by atoms with Crippen LogP contribution in [0.25, 0.3) is 0 Å². The van der Waals surface area contributed by atoms with Gasteiger partial charge in [-0.1, -0.05) is 6.07 Å². The summed E-state index contributed by atoms with van der Waals surface area (Å²) < 4.78 is 16.0. The Kier molecular flexibility index (Phi) is 5.95. The summed E-state index contributed by atoms with van der Waals surface area (Å²) in [4.78, 5) is 31.2. The molecule has 2 aromatic rings. The molecular formula is C24H28N4O5. The van der Waals surface area contributed by atoms with E-state index in [0.717, 1.165) is 42.6 Å². The van der Waals surface area contributed by atoms with Crippen molar-refractivity contribution in [3.8, 4) is 17.2 Å². The lowest BCUT2D eigenvalue weighted by Gasteiger charge is -2.35. The highest BCUT2D eigenvalue weighted by Crippen LogP contribution is 2.33. The molecule has 0 aliphatic carbocycles. The van der Waals surface area contributed by atoms with Crippen LogP contribution in [0.1, 0.15) is 12.0 Å². The maximum Gasteiger partial charge on any atom is 0.317 e. The Morgan fingerprint density at radius 3 is 2.58 bits per heavy atom. The second-order valence-electron chi connectivity index (χ2n) is 8.50. The SMILES string of the molecule is COc1ccc(N2CC(NC(=O)N3CCN(Cc4ccc5c(c4)OCO5)CC3)CC2=O)cc1. The maximum absolute atomic E-state index is 12.8. The lowest BCUT2D eigenvalue weighted by molar-refractivity contribution is -0.117. The Labute approximate surface area is 192 Å². The van der Waals surface area contributed by atoms with Gasteiger partial charge in [-0.15, -0.1) is 0 Å². The number of nitrogens with one attached hydrogen (secondary N) is 1. The van der Waals surface area contributed by atoms with Crippen molar-refractivity contribution in [2.45, 2.75) is 19.0 Å². The van der Waals surface area contributed by atoms with E-state index in [1.807, 2.05) is 41.3 Å². The molecule has 3 heterocycles. The number of carbonyl (C=O) groups is 2. The average Bonchev–Trinajstić information content (AvgIpc) is 3.45. The molecule has 1 unspecified atom stereocenters. The van der Waals surface area contributed by atoms with Gasteiger partial charge in [0.1, 0.15) is 5.75 Å². The fraction of sp³-hybridized carbons (Fsp3) is 0.417. The van der Waals surface area contributed by atoms with Crippen LogP contribution in [-0.2, 0) is 11.3 Å². The number of benzene rings is 2. The van der Waals surface area contributed by atoms with Crippen molar-refractivity contribution in [2.75, 3.05) is 51.5 Å². The van der Waals surface area contributed by atoms with Crippen molar-refractivity contribution < 1.29 is 23.8 Å². The fourth-order valence-electron chi connectivity index (χ4n) is 4.49. The number of rotatable bonds is 5. The monoisotopic (exact) mass is 452 g/mol. The number of methoxy groups -OCH3 is 1. The van der Waals surface area contributed by atoms with E-state index >= 15 is 0 Å². The minimum atomic E-state index is -0.196. The van der Waals surface area contributed by atoms with E-state index in [1.54, 1.807) is 12.0 Å². The van der Waals surface area contributed by atoms with E-state index in [2.05, 4.69) is 16.3 Å². The Bertz CT molecular complexity index is 1020. The number of hydrogen-bond acceptors (Lipinski definition) is 6. The van der Waals surface area contributed by atoms with Crippen molar-refractivity contribution in [2.24, 2.45) is 0 Å². The normalized spacial score (nSPS) is 20.3.